The summed E-state index contributed by atoms with van der Waals surface area (Å²) >= 11 is 0. The van der Waals surface area contributed by atoms with Gasteiger partial charge < -0.3 is 15.3 Å². The molecule has 0 aromatic heterocycles. The fourth-order valence-corrected chi connectivity index (χ4v) is 2.40. The second-order valence-electron chi connectivity index (χ2n) is 5.05. The van der Waals surface area contributed by atoms with E-state index in [1.54, 1.807) is 24.3 Å². The number of nitrogens with one attached hydrogen (secondary N) is 1. The molecular weight excluding hydrogens is 254 g/mol. The number of nitriles is 1. The zero-order chi connectivity index (χ0) is 14.4. The smallest absolute Gasteiger partial charge is 0.225 e. The second-order valence-corrected chi connectivity index (χ2v) is 5.05. The lowest BCUT2D eigenvalue weighted by Gasteiger charge is -2.29. The largest absolute Gasteiger partial charge is 0.392 e. The molecule has 106 valence electrons. The monoisotopic (exact) mass is 273 g/mol. The van der Waals surface area contributed by atoms with Crippen LogP contribution in [-0.4, -0.2) is 41.7 Å². The van der Waals surface area contributed by atoms with Gasteiger partial charge in [-0.3, -0.25) is 4.79 Å². The molecule has 2 rings (SSSR count). The quantitative estimate of drug-likeness (QED) is 0.868. The van der Waals surface area contributed by atoms with Gasteiger partial charge in [-0.25, -0.2) is 0 Å². The molecule has 0 radical (unpaired) electrons. The van der Waals surface area contributed by atoms with Crippen molar-refractivity contribution >= 4 is 11.6 Å². The summed E-state index contributed by atoms with van der Waals surface area (Å²) in [6, 6.07) is 9.01. The van der Waals surface area contributed by atoms with Crippen LogP contribution in [0, 0.1) is 11.3 Å². The van der Waals surface area contributed by atoms with E-state index in [9.17, 15) is 9.90 Å². The van der Waals surface area contributed by atoms with Crippen LogP contribution >= 0.6 is 0 Å². The molecule has 1 aliphatic heterocycles. The van der Waals surface area contributed by atoms with Crippen LogP contribution in [0.4, 0.5) is 5.69 Å². The zero-order valence-corrected chi connectivity index (χ0v) is 11.4. The van der Waals surface area contributed by atoms with Gasteiger partial charge in [0.25, 0.3) is 0 Å². The summed E-state index contributed by atoms with van der Waals surface area (Å²) in [5.41, 5.74) is 1.02. The third-order valence-corrected chi connectivity index (χ3v) is 3.46. The first-order valence-corrected chi connectivity index (χ1v) is 6.88. The van der Waals surface area contributed by atoms with E-state index in [2.05, 4.69) is 16.3 Å². The molecule has 1 unspecified atom stereocenters. The summed E-state index contributed by atoms with van der Waals surface area (Å²) < 4.78 is 0. The fraction of sp³-hybridized carbons (Fsp3) is 0.467. The van der Waals surface area contributed by atoms with Crippen LogP contribution in [0.25, 0.3) is 0 Å². The highest BCUT2D eigenvalue weighted by Gasteiger charge is 2.18. The molecule has 1 heterocycles. The van der Waals surface area contributed by atoms with Crippen molar-refractivity contribution in [1.29, 1.82) is 5.26 Å². The summed E-state index contributed by atoms with van der Waals surface area (Å²) in [6.07, 6.45) is 1.91. The fourth-order valence-electron chi connectivity index (χ4n) is 2.40. The van der Waals surface area contributed by atoms with Gasteiger partial charge in [0, 0.05) is 19.5 Å². The van der Waals surface area contributed by atoms with E-state index in [1.165, 1.54) is 0 Å². The number of rotatable bonds is 4. The van der Waals surface area contributed by atoms with Crippen molar-refractivity contribution in [3.8, 4) is 6.07 Å². The molecule has 1 fully saturated rings. The normalized spacial score (nSPS) is 19.3. The van der Waals surface area contributed by atoms with Gasteiger partial charge in [-0.15, -0.1) is 0 Å². The predicted molar refractivity (Wildman–Crippen MR) is 76.1 cm³/mol. The number of carbonyl (C=O) groups excluding carboxylic acids is 1. The minimum absolute atomic E-state index is 0.104. The Hall–Kier alpha value is -1.90. The van der Waals surface area contributed by atoms with Crippen LogP contribution in [-0.2, 0) is 4.79 Å². The minimum atomic E-state index is -0.272. The van der Waals surface area contributed by atoms with Gasteiger partial charge in [-0.05, 0) is 31.5 Å². The molecule has 2 N–H and O–H groups in total. The average Bonchev–Trinajstić information content (AvgIpc) is 2.46. The van der Waals surface area contributed by atoms with E-state index in [0.717, 1.165) is 19.4 Å². The molecule has 1 aromatic carbocycles. The molecule has 1 saturated heterocycles. The van der Waals surface area contributed by atoms with Gasteiger partial charge in [-0.1, -0.05) is 12.1 Å². The summed E-state index contributed by atoms with van der Waals surface area (Å²) in [7, 11) is 0. The Morgan fingerprint density at radius 1 is 1.50 bits per heavy atom. The van der Waals surface area contributed by atoms with E-state index in [4.69, 9.17) is 5.26 Å². The Morgan fingerprint density at radius 2 is 2.30 bits per heavy atom. The number of para-hydroxylation sites is 1. The van der Waals surface area contributed by atoms with Crippen molar-refractivity contribution in [3.63, 3.8) is 0 Å². The third kappa shape index (κ3) is 4.05. The number of hydrogen-bond donors (Lipinski definition) is 2. The van der Waals surface area contributed by atoms with Gasteiger partial charge in [0.2, 0.25) is 5.91 Å². The lowest BCUT2D eigenvalue weighted by atomic mass is 10.1. The van der Waals surface area contributed by atoms with Gasteiger partial charge >= 0.3 is 0 Å². The lowest BCUT2D eigenvalue weighted by molar-refractivity contribution is -0.116. The van der Waals surface area contributed by atoms with Crippen LogP contribution in [0.15, 0.2) is 24.3 Å². The van der Waals surface area contributed by atoms with Gasteiger partial charge in [0.05, 0.1) is 17.4 Å². The van der Waals surface area contributed by atoms with Crippen molar-refractivity contribution in [1.82, 2.24) is 4.90 Å². The maximum Gasteiger partial charge on any atom is 0.225 e. The molecule has 0 spiro atoms. The highest BCUT2D eigenvalue weighted by molar-refractivity contribution is 5.92. The summed E-state index contributed by atoms with van der Waals surface area (Å²) in [5.74, 6) is -0.104. The van der Waals surface area contributed by atoms with Crippen molar-refractivity contribution < 1.29 is 9.90 Å². The van der Waals surface area contributed by atoms with Crippen molar-refractivity contribution in [2.24, 2.45) is 0 Å². The molecule has 5 heteroatoms. The number of amides is 1. The maximum atomic E-state index is 11.9. The lowest BCUT2D eigenvalue weighted by Crippen LogP contribution is -2.39. The van der Waals surface area contributed by atoms with E-state index in [1.807, 2.05) is 0 Å². The Morgan fingerprint density at radius 3 is 3.05 bits per heavy atom. The van der Waals surface area contributed by atoms with Crippen molar-refractivity contribution in [2.75, 3.05) is 25.0 Å². The Labute approximate surface area is 118 Å². The summed E-state index contributed by atoms with van der Waals surface area (Å²) in [5, 5.41) is 21.3. The van der Waals surface area contributed by atoms with Gasteiger partial charge in [0.1, 0.15) is 6.07 Å². The van der Waals surface area contributed by atoms with Crippen LogP contribution in [0.5, 0.6) is 0 Å². The molecule has 0 aliphatic carbocycles. The molecule has 1 aliphatic rings. The standard InChI is InChI=1S/C15H19N3O2/c16-10-12-4-1-2-6-14(12)17-15(20)7-9-18-8-3-5-13(19)11-18/h1-2,4,6,13,19H,3,5,7-9,11H2,(H,17,20). The number of nitrogens with zero attached hydrogens (tertiary/aromatic N) is 2. The topological polar surface area (TPSA) is 76.4 Å². The van der Waals surface area contributed by atoms with E-state index in [-0.39, 0.29) is 12.0 Å². The van der Waals surface area contributed by atoms with Crippen molar-refractivity contribution in [3.05, 3.63) is 29.8 Å². The van der Waals surface area contributed by atoms with E-state index < -0.39 is 0 Å². The summed E-state index contributed by atoms with van der Waals surface area (Å²) in [4.78, 5) is 14.0. The Bertz CT molecular complexity index is 510. The number of carbonyl (C=O) groups is 1. The molecule has 5 nitrogen and oxygen atoms in total. The first-order valence-electron chi connectivity index (χ1n) is 6.88. The number of β-amino-alcohol motifs (C(OH)–C–C–N with tert-alkyl or cyclic N) is 1. The number of anilines is 1. The molecule has 0 bridgehead atoms. The molecule has 1 aromatic rings. The third-order valence-electron chi connectivity index (χ3n) is 3.46. The molecule has 1 atom stereocenters. The Kier molecular flexibility index (Phi) is 5.10. The Balaban J connectivity index is 1.82. The van der Waals surface area contributed by atoms with E-state index in [0.29, 0.717) is 30.8 Å². The number of piperidine rings is 1. The first kappa shape index (κ1) is 14.5. The van der Waals surface area contributed by atoms with Crippen LogP contribution in [0.2, 0.25) is 0 Å². The SMILES string of the molecule is N#Cc1ccccc1NC(=O)CCN1CCCC(O)C1. The van der Waals surface area contributed by atoms with Gasteiger partial charge in [0.15, 0.2) is 0 Å². The number of hydrogen-bond acceptors (Lipinski definition) is 4. The van der Waals surface area contributed by atoms with Gasteiger partial charge in [-0.2, -0.15) is 5.26 Å². The first-order chi connectivity index (χ1) is 9.69. The number of aliphatic hydroxyl groups excluding tert-OH is 1. The number of aliphatic hydroxyl groups is 1. The molecule has 0 saturated carbocycles. The predicted octanol–water partition coefficient (Wildman–Crippen LogP) is 1.34. The van der Waals surface area contributed by atoms with Crippen LogP contribution in [0.1, 0.15) is 24.8 Å². The summed E-state index contributed by atoms with van der Waals surface area (Å²) in [6.45, 7) is 2.21. The molecule has 1 amide bonds. The minimum Gasteiger partial charge on any atom is -0.392 e. The highest BCUT2D eigenvalue weighted by Crippen LogP contribution is 2.14. The van der Waals surface area contributed by atoms with Crippen molar-refractivity contribution in [2.45, 2.75) is 25.4 Å². The molecule has 20 heavy (non-hydrogen) atoms. The van der Waals surface area contributed by atoms with Crippen LogP contribution < -0.4 is 5.32 Å². The maximum absolute atomic E-state index is 11.9. The number of benzene rings is 1. The van der Waals surface area contributed by atoms with E-state index >= 15 is 0 Å². The van der Waals surface area contributed by atoms with Crippen LogP contribution in [0.3, 0.4) is 0 Å². The number of likely N-dealkylation sites (tertiary alicyclic amines) is 1. The second kappa shape index (κ2) is 7.04. The highest BCUT2D eigenvalue weighted by atomic mass is 16.3. The average molecular weight is 273 g/mol. The zero-order valence-electron chi connectivity index (χ0n) is 11.4. The molecular formula is C15H19N3O2.